The Morgan fingerprint density at radius 2 is 0.939 bits per heavy atom. The molecule has 0 fully saturated rings. The summed E-state index contributed by atoms with van der Waals surface area (Å²) in [6.07, 6.45) is 21.4. The molecule has 2 unspecified atom stereocenters. The van der Waals surface area contributed by atoms with Crippen molar-refractivity contribution >= 4 is 40.1 Å². The Hall–Kier alpha value is -11.0. The summed E-state index contributed by atoms with van der Waals surface area (Å²) >= 11 is 1.92. The lowest BCUT2D eigenvalue weighted by Gasteiger charge is -2.41. The van der Waals surface area contributed by atoms with Crippen molar-refractivity contribution in [2.75, 3.05) is 9.80 Å². The zero-order valence-electron chi connectivity index (χ0n) is 55.8. The summed E-state index contributed by atoms with van der Waals surface area (Å²) in [5, 5.41) is 0. The number of anilines is 4. The second-order valence-corrected chi connectivity index (χ2v) is 29.1. The molecule has 0 radical (unpaired) electrons. The van der Waals surface area contributed by atoms with Crippen LogP contribution in [0.5, 0.6) is 0 Å². The second kappa shape index (κ2) is 23.7. The standard InChI is InChI=1S/C95H74N2S/c1-93(2)82-41-18-14-35-76(82)79-59-57-68(33-24-45-84(79)93)96(71-32-13-7-12-31-67(61-71)63-27-8-5-9-28-63)69-53-51-66(52-54-69)75-39-26-46-87-92(75)98-90-48-23-21-44-86(90)95(87)85-43-20-16-37-78(85)81-40-25-38-74(91(81)95)65-49-55-70(56-50-65)97(89-47-22-17-34-73(89)64-29-10-6-11-30-64)72-58-60-80-77-36-15-19-42-83(77)94(3,4)88(80)62-72/h5-23,25-44,46-60,62,67H,24,45,61H2,1-4H3/b13-7-,31-12?,59-57-,68-33+,71-32+. The van der Waals surface area contributed by atoms with Crippen LogP contribution < -0.4 is 9.80 Å². The average molecular weight is 1280 g/mol. The molecule has 1 aliphatic heterocycles. The lowest BCUT2D eigenvalue weighted by atomic mass is 9.65. The average Bonchev–Trinajstić information content (AvgIpc) is 1.45. The molecule has 2 atom stereocenters. The van der Waals surface area contributed by atoms with Crippen molar-refractivity contribution in [1.82, 2.24) is 0 Å². The summed E-state index contributed by atoms with van der Waals surface area (Å²) in [7, 11) is 0. The van der Waals surface area contributed by atoms with Crippen LogP contribution in [0.4, 0.5) is 22.7 Å². The third-order valence-electron chi connectivity index (χ3n) is 22.1. The summed E-state index contributed by atoms with van der Waals surface area (Å²) in [5.74, 6) is 0.199. The van der Waals surface area contributed by atoms with E-state index in [4.69, 9.17) is 0 Å². The van der Waals surface area contributed by atoms with Crippen LogP contribution >= 0.6 is 11.8 Å². The number of rotatable bonds is 10. The van der Waals surface area contributed by atoms with Gasteiger partial charge < -0.3 is 9.80 Å². The van der Waals surface area contributed by atoms with E-state index in [9.17, 15) is 0 Å². The fourth-order valence-corrected chi connectivity index (χ4v) is 18.8. The minimum Gasteiger partial charge on any atom is -0.315 e. The molecule has 6 aliphatic rings. The molecule has 18 rings (SSSR count). The van der Waals surface area contributed by atoms with Gasteiger partial charge in [-0.1, -0.05) is 318 Å². The lowest BCUT2D eigenvalue weighted by Crippen LogP contribution is -2.32. The van der Waals surface area contributed by atoms with Gasteiger partial charge in [-0.25, -0.2) is 0 Å². The maximum Gasteiger partial charge on any atom is 0.0741 e. The largest absolute Gasteiger partial charge is 0.315 e. The molecular weight excluding hydrogens is 1200 g/mol. The van der Waals surface area contributed by atoms with Crippen LogP contribution in [0.25, 0.3) is 61.2 Å². The van der Waals surface area contributed by atoms with Gasteiger partial charge in [0, 0.05) is 60.6 Å². The topological polar surface area (TPSA) is 6.48 Å². The van der Waals surface area contributed by atoms with Crippen LogP contribution in [0.1, 0.15) is 103 Å². The Morgan fingerprint density at radius 1 is 0.388 bits per heavy atom. The maximum absolute atomic E-state index is 2.55. The summed E-state index contributed by atoms with van der Waals surface area (Å²) in [4.78, 5) is 7.59. The zero-order valence-corrected chi connectivity index (χ0v) is 56.6. The smallest absolute Gasteiger partial charge is 0.0741 e. The number of nitrogens with zero attached hydrogens (tertiary/aromatic N) is 2. The van der Waals surface area contributed by atoms with Crippen molar-refractivity contribution in [3.63, 3.8) is 0 Å². The Labute approximate surface area is 581 Å². The van der Waals surface area contributed by atoms with Crippen molar-refractivity contribution in [1.29, 1.82) is 0 Å². The number of para-hydroxylation sites is 1. The van der Waals surface area contributed by atoms with Crippen molar-refractivity contribution in [2.24, 2.45) is 0 Å². The van der Waals surface area contributed by atoms with Gasteiger partial charge >= 0.3 is 0 Å². The van der Waals surface area contributed by atoms with E-state index in [2.05, 4.69) is 371 Å². The normalized spacial score (nSPS) is 19.4. The van der Waals surface area contributed by atoms with E-state index in [1.54, 1.807) is 0 Å². The third kappa shape index (κ3) is 9.45. The quantitative estimate of drug-likeness (QED) is 0.135. The van der Waals surface area contributed by atoms with Gasteiger partial charge in [0.2, 0.25) is 0 Å². The first-order valence-corrected chi connectivity index (χ1v) is 35.6. The monoisotopic (exact) mass is 1270 g/mol. The van der Waals surface area contributed by atoms with Gasteiger partial charge in [0.25, 0.3) is 0 Å². The predicted molar refractivity (Wildman–Crippen MR) is 412 cm³/mol. The molecule has 0 aromatic heterocycles. The maximum atomic E-state index is 2.55. The summed E-state index contributed by atoms with van der Waals surface area (Å²) in [6, 6.07) is 108. The summed E-state index contributed by atoms with van der Waals surface area (Å²) in [5.41, 5.74) is 33.5. The highest BCUT2D eigenvalue weighted by Gasteiger charge is 2.52. The van der Waals surface area contributed by atoms with E-state index < -0.39 is 5.41 Å². The Kier molecular flexibility index (Phi) is 14.4. The van der Waals surface area contributed by atoms with Crippen LogP contribution in [0.3, 0.4) is 0 Å². The van der Waals surface area contributed by atoms with Crippen LogP contribution in [-0.4, -0.2) is 0 Å². The second-order valence-electron chi connectivity index (χ2n) is 28.1. The van der Waals surface area contributed by atoms with Crippen molar-refractivity contribution in [2.45, 2.75) is 78.9 Å². The predicted octanol–water partition coefficient (Wildman–Crippen LogP) is 25.3. The SMILES string of the molecule is CC1(C)C2=C(/C=C\C(N(/C3=C/C=C\C=CC(c4ccccc4)C3)c3ccc(-c4cccc5c4Sc4ccccc4C54c5ccccc5-c5cccc(-c6ccc(N(c7ccc8c(c7)C(C)(C)c7ccccc7-8)c7ccccc7-c7ccccc7)cc6)c54)cc3)=C/CC2)c2ccccc21. The number of fused-ring (bicyclic) bond motifs is 14. The van der Waals surface area contributed by atoms with Crippen LogP contribution in [0.15, 0.2) is 360 Å². The van der Waals surface area contributed by atoms with Gasteiger partial charge in [-0.3, -0.25) is 0 Å². The summed E-state index contributed by atoms with van der Waals surface area (Å²) < 4.78 is 0. The van der Waals surface area contributed by atoms with Crippen LogP contribution in [0.2, 0.25) is 0 Å². The Balaban J connectivity index is 0.761. The molecule has 1 heterocycles. The van der Waals surface area contributed by atoms with E-state index in [0.29, 0.717) is 0 Å². The highest BCUT2D eigenvalue weighted by Crippen LogP contribution is 2.65. The van der Waals surface area contributed by atoms with Gasteiger partial charge in [0.15, 0.2) is 0 Å². The molecule has 0 N–H and O–H groups in total. The first-order valence-electron chi connectivity index (χ1n) is 34.8. The van der Waals surface area contributed by atoms with Crippen molar-refractivity contribution in [3.8, 4) is 55.6 Å². The van der Waals surface area contributed by atoms with E-state index in [-0.39, 0.29) is 16.7 Å². The summed E-state index contributed by atoms with van der Waals surface area (Å²) in [6.45, 7) is 9.57. The van der Waals surface area contributed by atoms with Crippen LogP contribution in [-0.2, 0) is 16.2 Å². The fourth-order valence-electron chi connectivity index (χ4n) is 17.5. The molecule has 0 saturated heterocycles. The van der Waals surface area contributed by atoms with Gasteiger partial charge in [-0.05, 0) is 186 Å². The molecule has 12 aromatic rings. The highest BCUT2D eigenvalue weighted by molar-refractivity contribution is 7.99. The molecule has 3 heteroatoms. The zero-order chi connectivity index (χ0) is 65.7. The van der Waals surface area contributed by atoms with Crippen molar-refractivity contribution < 1.29 is 0 Å². The molecule has 0 amide bonds. The van der Waals surface area contributed by atoms with Gasteiger partial charge in [-0.15, -0.1) is 0 Å². The molecule has 2 nitrogen and oxygen atoms in total. The van der Waals surface area contributed by atoms with Gasteiger partial charge in [-0.2, -0.15) is 0 Å². The van der Waals surface area contributed by atoms with E-state index in [0.717, 1.165) is 42.0 Å². The lowest BCUT2D eigenvalue weighted by molar-refractivity contribution is 0.608. The molecule has 0 saturated carbocycles. The number of benzene rings is 12. The van der Waals surface area contributed by atoms with E-state index >= 15 is 0 Å². The van der Waals surface area contributed by atoms with Gasteiger partial charge in [0.05, 0.1) is 11.1 Å². The van der Waals surface area contributed by atoms with Crippen molar-refractivity contribution in [3.05, 3.63) is 401 Å². The molecule has 1 spiro atoms. The first kappa shape index (κ1) is 59.5. The fraction of sp³-hybridized carbons (Fsp3) is 0.116. The first-order chi connectivity index (χ1) is 48.1. The minimum absolute atomic E-state index is 0.0212. The molecule has 470 valence electrons. The minimum atomic E-state index is -0.635. The molecule has 0 bridgehead atoms. The molecule has 5 aliphatic carbocycles. The van der Waals surface area contributed by atoms with Gasteiger partial charge in [0.1, 0.15) is 0 Å². The Bertz CT molecular complexity index is 5380. The number of hydrogen-bond donors (Lipinski definition) is 0. The number of hydrogen-bond acceptors (Lipinski definition) is 3. The Morgan fingerprint density at radius 3 is 1.70 bits per heavy atom. The van der Waals surface area contributed by atoms with E-state index in [1.165, 1.54) is 138 Å². The third-order valence-corrected chi connectivity index (χ3v) is 23.3. The molecule has 98 heavy (non-hydrogen) atoms. The highest BCUT2D eigenvalue weighted by atomic mass is 32.2. The van der Waals surface area contributed by atoms with E-state index in [1.807, 2.05) is 11.8 Å². The molecular formula is C95H74N2S. The molecule has 12 aromatic carbocycles. The number of allylic oxidation sites excluding steroid dienone is 11. The van der Waals surface area contributed by atoms with Crippen LogP contribution in [0, 0.1) is 0 Å².